The molecule has 0 spiro atoms. The Balaban J connectivity index is 2.32. The van der Waals surface area contributed by atoms with Crippen LogP contribution in [0.4, 0.5) is 4.39 Å². The van der Waals surface area contributed by atoms with Gasteiger partial charge in [0, 0.05) is 10.3 Å². The normalized spacial score (nSPS) is 12.5. The molecule has 0 aliphatic heterocycles. The maximum absolute atomic E-state index is 13.3. The molecular weight excluding hydrogens is 237 g/mol. The van der Waals surface area contributed by atoms with E-state index in [9.17, 15) is 4.39 Å². The predicted octanol–water partition coefficient (Wildman–Crippen LogP) is 3.25. The SMILES string of the molecule is COc1csc(C(N)c2cc(C)cc(F)c2)c1. The third-order valence-corrected chi connectivity index (χ3v) is 3.56. The van der Waals surface area contributed by atoms with Crippen LogP contribution in [0.1, 0.15) is 22.0 Å². The third-order valence-electron chi connectivity index (χ3n) is 2.56. The van der Waals surface area contributed by atoms with Crippen molar-refractivity contribution in [3.05, 3.63) is 51.5 Å². The number of methoxy groups -OCH3 is 1. The van der Waals surface area contributed by atoms with Crippen LogP contribution in [0.3, 0.4) is 0 Å². The van der Waals surface area contributed by atoms with Crippen molar-refractivity contribution in [1.82, 2.24) is 0 Å². The molecule has 0 amide bonds. The van der Waals surface area contributed by atoms with Gasteiger partial charge in [-0.2, -0.15) is 0 Å². The molecule has 0 saturated heterocycles. The summed E-state index contributed by atoms with van der Waals surface area (Å²) in [4.78, 5) is 0.965. The fraction of sp³-hybridized carbons (Fsp3) is 0.231. The zero-order valence-corrected chi connectivity index (χ0v) is 10.6. The van der Waals surface area contributed by atoms with Crippen LogP contribution in [0, 0.1) is 12.7 Å². The molecule has 1 heterocycles. The highest BCUT2D eigenvalue weighted by Crippen LogP contribution is 2.30. The number of ether oxygens (including phenoxy) is 1. The van der Waals surface area contributed by atoms with Gasteiger partial charge in [-0.05, 0) is 36.2 Å². The summed E-state index contributed by atoms with van der Waals surface area (Å²) in [5.41, 5.74) is 7.77. The number of hydrogen-bond donors (Lipinski definition) is 1. The Bertz CT molecular complexity index is 504. The molecule has 0 fully saturated rings. The number of halogens is 1. The predicted molar refractivity (Wildman–Crippen MR) is 68.0 cm³/mol. The number of hydrogen-bond acceptors (Lipinski definition) is 3. The number of benzene rings is 1. The molecule has 0 aliphatic rings. The van der Waals surface area contributed by atoms with Crippen molar-refractivity contribution in [2.75, 3.05) is 7.11 Å². The number of aryl methyl sites for hydroxylation is 1. The van der Waals surface area contributed by atoms with Crippen LogP contribution < -0.4 is 10.5 Å². The molecule has 2 N–H and O–H groups in total. The molecule has 4 heteroatoms. The van der Waals surface area contributed by atoms with Crippen molar-refractivity contribution in [3.63, 3.8) is 0 Å². The molecule has 1 atom stereocenters. The van der Waals surface area contributed by atoms with Crippen LogP contribution >= 0.6 is 11.3 Å². The molecule has 1 unspecified atom stereocenters. The van der Waals surface area contributed by atoms with E-state index in [0.717, 1.165) is 21.8 Å². The van der Waals surface area contributed by atoms with Crippen LogP contribution in [0.2, 0.25) is 0 Å². The van der Waals surface area contributed by atoms with E-state index in [1.807, 2.05) is 24.4 Å². The quantitative estimate of drug-likeness (QED) is 0.908. The van der Waals surface area contributed by atoms with Crippen LogP contribution in [-0.2, 0) is 0 Å². The van der Waals surface area contributed by atoms with Crippen LogP contribution in [0.15, 0.2) is 29.6 Å². The largest absolute Gasteiger partial charge is 0.496 e. The molecule has 17 heavy (non-hydrogen) atoms. The molecule has 0 bridgehead atoms. The zero-order valence-electron chi connectivity index (χ0n) is 9.74. The van der Waals surface area contributed by atoms with Crippen LogP contribution in [0.5, 0.6) is 5.75 Å². The number of rotatable bonds is 3. The highest BCUT2D eigenvalue weighted by molar-refractivity contribution is 7.10. The minimum absolute atomic E-state index is 0.251. The van der Waals surface area contributed by atoms with E-state index in [-0.39, 0.29) is 11.9 Å². The minimum atomic E-state index is -0.307. The van der Waals surface area contributed by atoms with Gasteiger partial charge in [0.25, 0.3) is 0 Å². The van der Waals surface area contributed by atoms with Crippen molar-refractivity contribution in [2.45, 2.75) is 13.0 Å². The van der Waals surface area contributed by atoms with Crippen LogP contribution in [0.25, 0.3) is 0 Å². The zero-order chi connectivity index (χ0) is 12.4. The Morgan fingerprint density at radius 1 is 1.29 bits per heavy atom. The van der Waals surface area contributed by atoms with Gasteiger partial charge in [0.2, 0.25) is 0 Å². The molecule has 2 rings (SSSR count). The fourth-order valence-electron chi connectivity index (χ4n) is 1.71. The van der Waals surface area contributed by atoms with Gasteiger partial charge < -0.3 is 10.5 Å². The molecule has 1 aromatic heterocycles. The summed E-state index contributed by atoms with van der Waals surface area (Å²) in [5, 5.41) is 1.89. The Morgan fingerprint density at radius 3 is 2.65 bits per heavy atom. The summed E-state index contributed by atoms with van der Waals surface area (Å²) < 4.78 is 18.4. The summed E-state index contributed by atoms with van der Waals surface area (Å²) in [6, 6.07) is 6.45. The van der Waals surface area contributed by atoms with Crippen molar-refractivity contribution >= 4 is 11.3 Å². The lowest BCUT2D eigenvalue weighted by Crippen LogP contribution is -2.10. The molecule has 2 nitrogen and oxygen atoms in total. The van der Waals surface area contributed by atoms with E-state index in [1.165, 1.54) is 23.5 Å². The molecule has 2 aromatic rings. The van der Waals surface area contributed by atoms with E-state index < -0.39 is 0 Å². The minimum Gasteiger partial charge on any atom is -0.496 e. The van der Waals surface area contributed by atoms with Gasteiger partial charge in [-0.25, -0.2) is 4.39 Å². The average molecular weight is 251 g/mol. The van der Waals surface area contributed by atoms with Crippen molar-refractivity contribution in [2.24, 2.45) is 5.73 Å². The second kappa shape index (κ2) is 4.85. The van der Waals surface area contributed by atoms with Crippen molar-refractivity contribution in [3.8, 4) is 5.75 Å². The lowest BCUT2D eigenvalue weighted by Gasteiger charge is -2.11. The Kier molecular flexibility index (Phi) is 3.45. The summed E-state index contributed by atoms with van der Waals surface area (Å²) in [5.74, 6) is 0.535. The van der Waals surface area contributed by atoms with Crippen LogP contribution in [-0.4, -0.2) is 7.11 Å². The maximum Gasteiger partial charge on any atom is 0.129 e. The third kappa shape index (κ3) is 2.65. The molecular formula is C13H14FNOS. The lowest BCUT2D eigenvalue weighted by molar-refractivity contribution is 0.416. The van der Waals surface area contributed by atoms with Gasteiger partial charge in [-0.1, -0.05) is 6.07 Å². The molecule has 90 valence electrons. The standard InChI is InChI=1S/C13H14FNOS/c1-8-3-9(5-10(14)4-8)13(15)12-6-11(16-2)7-17-12/h3-7,13H,15H2,1-2H3. The van der Waals surface area contributed by atoms with E-state index in [1.54, 1.807) is 7.11 Å². The van der Waals surface area contributed by atoms with Crippen molar-refractivity contribution < 1.29 is 9.13 Å². The summed E-state index contributed by atoms with van der Waals surface area (Å²) in [6.07, 6.45) is 0. The molecule has 0 radical (unpaired) electrons. The highest BCUT2D eigenvalue weighted by atomic mass is 32.1. The second-order valence-corrected chi connectivity index (χ2v) is 4.87. The summed E-state index contributed by atoms with van der Waals surface area (Å²) in [7, 11) is 1.61. The Labute approximate surface area is 104 Å². The number of thiophene rings is 1. The monoisotopic (exact) mass is 251 g/mol. The molecule has 0 saturated carbocycles. The van der Waals surface area contributed by atoms with E-state index >= 15 is 0 Å². The molecule has 1 aromatic carbocycles. The van der Waals surface area contributed by atoms with Gasteiger partial charge in [-0.15, -0.1) is 11.3 Å². The van der Waals surface area contributed by atoms with Gasteiger partial charge in [0.15, 0.2) is 0 Å². The number of nitrogens with two attached hydrogens (primary N) is 1. The van der Waals surface area contributed by atoms with E-state index in [0.29, 0.717) is 0 Å². The summed E-state index contributed by atoms with van der Waals surface area (Å²) >= 11 is 1.52. The first kappa shape index (κ1) is 12.1. The van der Waals surface area contributed by atoms with Gasteiger partial charge in [0.05, 0.1) is 13.2 Å². The first-order valence-corrected chi connectivity index (χ1v) is 6.13. The fourth-order valence-corrected chi connectivity index (χ4v) is 2.60. The second-order valence-electron chi connectivity index (χ2n) is 3.93. The van der Waals surface area contributed by atoms with E-state index in [4.69, 9.17) is 10.5 Å². The topological polar surface area (TPSA) is 35.2 Å². The van der Waals surface area contributed by atoms with Crippen molar-refractivity contribution in [1.29, 1.82) is 0 Å². The van der Waals surface area contributed by atoms with E-state index in [2.05, 4.69) is 0 Å². The Hall–Kier alpha value is -1.39. The maximum atomic E-state index is 13.3. The van der Waals surface area contributed by atoms with Gasteiger partial charge >= 0.3 is 0 Å². The first-order valence-electron chi connectivity index (χ1n) is 5.25. The Morgan fingerprint density at radius 2 is 2.06 bits per heavy atom. The first-order chi connectivity index (χ1) is 8.10. The molecule has 0 aliphatic carbocycles. The van der Waals surface area contributed by atoms with Gasteiger partial charge in [-0.3, -0.25) is 0 Å². The highest BCUT2D eigenvalue weighted by Gasteiger charge is 2.13. The lowest BCUT2D eigenvalue weighted by atomic mass is 10.0. The summed E-state index contributed by atoms with van der Waals surface area (Å²) in [6.45, 7) is 1.86. The van der Waals surface area contributed by atoms with Gasteiger partial charge in [0.1, 0.15) is 11.6 Å². The smallest absolute Gasteiger partial charge is 0.129 e. The average Bonchev–Trinajstić information content (AvgIpc) is 2.75.